The maximum atomic E-state index is 12.7. The standard InChI is InChI=1S/C25H29NO6/c1-4-5-6-7-10-18-13-15-19(16-14-18)24(28)26-20-11-8-9-12-21(20)32-22(25(29)31-3)17-23(27)30-2/h8-9,11-17H,4-7,10H2,1-3H3,(H,26,28)/b22-17-. The van der Waals surface area contributed by atoms with E-state index in [-0.39, 0.29) is 17.4 Å². The fourth-order valence-corrected chi connectivity index (χ4v) is 2.95. The highest BCUT2D eigenvalue weighted by atomic mass is 16.6. The Morgan fingerprint density at radius 2 is 1.62 bits per heavy atom. The molecule has 0 aliphatic carbocycles. The Morgan fingerprint density at radius 1 is 0.906 bits per heavy atom. The number of benzene rings is 2. The molecule has 32 heavy (non-hydrogen) atoms. The summed E-state index contributed by atoms with van der Waals surface area (Å²) in [5.74, 6) is -2.15. The summed E-state index contributed by atoms with van der Waals surface area (Å²) in [5, 5.41) is 2.78. The summed E-state index contributed by atoms with van der Waals surface area (Å²) >= 11 is 0. The predicted octanol–water partition coefficient (Wildman–Crippen LogP) is 4.67. The van der Waals surface area contributed by atoms with Crippen molar-refractivity contribution in [1.82, 2.24) is 0 Å². The van der Waals surface area contributed by atoms with E-state index >= 15 is 0 Å². The minimum atomic E-state index is -0.856. The van der Waals surface area contributed by atoms with Crippen LogP contribution >= 0.6 is 0 Å². The van der Waals surface area contributed by atoms with E-state index in [1.54, 1.807) is 36.4 Å². The van der Waals surface area contributed by atoms with Crippen LogP contribution in [0.3, 0.4) is 0 Å². The minimum Gasteiger partial charge on any atom is -0.466 e. The van der Waals surface area contributed by atoms with E-state index in [2.05, 4.69) is 21.7 Å². The monoisotopic (exact) mass is 439 g/mol. The Morgan fingerprint density at radius 3 is 2.28 bits per heavy atom. The van der Waals surface area contributed by atoms with Gasteiger partial charge in [0, 0.05) is 5.56 Å². The van der Waals surface area contributed by atoms with Crippen molar-refractivity contribution in [3.63, 3.8) is 0 Å². The first-order valence-corrected chi connectivity index (χ1v) is 10.5. The number of hydrogen-bond acceptors (Lipinski definition) is 6. The topological polar surface area (TPSA) is 90.9 Å². The molecule has 0 aliphatic heterocycles. The van der Waals surface area contributed by atoms with Crippen LogP contribution in [0.5, 0.6) is 5.75 Å². The summed E-state index contributed by atoms with van der Waals surface area (Å²) in [5.41, 5.74) is 2.02. The van der Waals surface area contributed by atoms with Crippen molar-refractivity contribution >= 4 is 23.5 Å². The lowest BCUT2D eigenvalue weighted by Gasteiger charge is -2.13. The number of aryl methyl sites for hydroxylation is 1. The number of esters is 2. The zero-order valence-corrected chi connectivity index (χ0v) is 18.7. The highest BCUT2D eigenvalue weighted by Crippen LogP contribution is 2.27. The summed E-state index contributed by atoms with van der Waals surface area (Å²) in [7, 11) is 2.34. The smallest absolute Gasteiger partial charge is 0.374 e. The van der Waals surface area contributed by atoms with Crippen molar-refractivity contribution in [3.8, 4) is 5.75 Å². The lowest BCUT2D eigenvalue weighted by atomic mass is 10.0. The van der Waals surface area contributed by atoms with E-state index < -0.39 is 11.9 Å². The minimum absolute atomic E-state index is 0.175. The maximum Gasteiger partial charge on any atom is 0.374 e. The number of anilines is 1. The number of carbonyl (C=O) groups is 3. The normalized spacial score (nSPS) is 10.9. The number of rotatable bonds is 11. The number of para-hydroxylation sites is 2. The molecule has 170 valence electrons. The number of amides is 1. The van der Waals surface area contributed by atoms with Gasteiger partial charge in [-0.1, -0.05) is 50.5 Å². The lowest BCUT2D eigenvalue weighted by molar-refractivity contribution is -0.140. The molecule has 2 aromatic carbocycles. The van der Waals surface area contributed by atoms with Crippen LogP contribution in [0.4, 0.5) is 5.69 Å². The van der Waals surface area contributed by atoms with Gasteiger partial charge in [-0.3, -0.25) is 4.79 Å². The van der Waals surface area contributed by atoms with E-state index in [4.69, 9.17) is 4.74 Å². The van der Waals surface area contributed by atoms with Crippen molar-refractivity contribution < 1.29 is 28.6 Å². The molecule has 7 heteroatoms. The molecule has 2 rings (SSSR count). The van der Waals surface area contributed by atoms with Gasteiger partial charge in [0.25, 0.3) is 5.91 Å². The number of ether oxygens (including phenoxy) is 3. The third-order valence-electron chi connectivity index (χ3n) is 4.73. The van der Waals surface area contributed by atoms with Gasteiger partial charge in [-0.05, 0) is 42.7 Å². The van der Waals surface area contributed by atoms with Crippen LogP contribution in [0.15, 0.2) is 60.4 Å². The SMILES string of the molecule is CCCCCCc1ccc(C(=O)Nc2ccccc2O/C(=C\C(=O)OC)C(=O)OC)cc1. The second kappa shape index (κ2) is 12.9. The first-order valence-electron chi connectivity index (χ1n) is 10.5. The van der Waals surface area contributed by atoms with Crippen LogP contribution in [-0.4, -0.2) is 32.1 Å². The predicted molar refractivity (Wildman–Crippen MR) is 121 cm³/mol. The maximum absolute atomic E-state index is 12.7. The van der Waals surface area contributed by atoms with Crippen LogP contribution in [0.25, 0.3) is 0 Å². The van der Waals surface area contributed by atoms with Gasteiger partial charge in [0.2, 0.25) is 5.76 Å². The molecule has 0 saturated heterocycles. The van der Waals surface area contributed by atoms with Crippen LogP contribution in [0, 0.1) is 0 Å². The molecular weight excluding hydrogens is 410 g/mol. The number of unbranched alkanes of at least 4 members (excludes halogenated alkanes) is 3. The van der Waals surface area contributed by atoms with E-state index in [0.29, 0.717) is 11.3 Å². The zero-order valence-electron chi connectivity index (χ0n) is 18.7. The lowest BCUT2D eigenvalue weighted by Crippen LogP contribution is -2.16. The molecule has 1 N–H and O–H groups in total. The van der Waals surface area contributed by atoms with Gasteiger partial charge in [0.1, 0.15) is 0 Å². The molecule has 0 aliphatic rings. The average Bonchev–Trinajstić information content (AvgIpc) is 2.82. The molecule has 0 aromatic heterocycles. The Hall–Kier alpha value is -3.61. The summed E-state index contributed by atoms with van der Waals surface area (Å²) < 4.78 is 14.7. The first-order chi connectivity index (χ1) is 15.5. The highest BCUT2D eigenvalue weighted by Gasteiger charge is 2.18. The van der Waals surface area contributed by atoms with Crippen LogP contribution in [0.2, 0.25) is 0 Å². The van der Waals surface area contributed by atoms with E-state index in [0.717, 1.165) is 26.0 Å². The second-order valence-corrected chi connectivity index (χ2v) is 7.08. The third kappa shape index (κ3) is 7.58. The van der Waals surface area contributed by atoms with Crippen molar-refractivity contribution in [2.75, 3.05) is 19.5 Å². The molecule has 0 spiro atoms. The quantitative estimate of drug-likeness (QED) is 0.237. The fourth-order valence-electron chi connectivity index (χ4n) is 2.95. The number of methoxy groups -OCH3 is 2. The average molecular weight is 440 g/mol. The van der Waals surface area contributed by atoms with Gasteiger partial charge in [-0.25, -0.2) is 9.59 Å². The Balaban J connectivity index is 2.11. The van der Waals surface area contributed by atoms with Gasteiger partial charge < -0.3 is 19.5 Å². The van der Waals surface area contributed by atoms with E-state index in [1.165, 1.54) is 31.9 Å². The summed E-state index contributed by atoms with van der Waals surface area (Å²) in [6.45, 7) is 2.18. The molecule has 0 saturated carbocycles. The summed E-state index contributed by atoms with van der Waals surface area (Å²) in [6.07, 6.45) is 6.63. The van der Waals surface area contributed by atoms with Crippen LogP contribution < -0.4 is 10.1 Å². The van der Waals surface area contributed by atoms with Gasteiger partial charge in [-0.15, -0.1) is 0 Å². The van der Waals surface area contributed by atoms with Crippen LogP contribution in [0.1, 0.15) is 48.5 Å². The molecule has 0 fully saturated rings. The summed E-state index contributed by atoms with van der Waals surface area (Å²) in [6, 6.07) is 14.0. The molecule has 0 radical (unpaired) electrons. The second-order valence-electron chi connectivity index (χ2n) is 7.08. The van der Waals surface area contributed by atoms with Crippen molar-refractivity contribution in [2.45, 2.75) is 39.0 Å². The largest absolute Gasteiger partial charge is 0.466 e. The molecule has 0 heterocycles. The Labute approximate surface area is 188 Å². The van der Waals surface area contributed by atoms with Crippen LogP contribution in [-0.2, 0) is 25.5 Å². The molecule has 0 atom stereocenters. The molecule has 0 bridgehead atoms. The van der Waals surface area contributed by atoms with Gasteiger partial charge in [-0.2, -0.15) is 0 Å². The summed E-state index contributed by atoms with van der Waals surface area (Å²) in [4.78, 5) is 36.2. The number of carbonyl (C=O) groups excluding carboxylic acids is 3. The highest BCUT2D eigenvalue weighted by molar-refractivity contribution is 6.05. The molecule has 0 unspecified atom stereocenters. The zero-order chi connectivity index (χ0) is 23.3. The molecule has 1 amide bonds. The van der Waals surface area contributed by atoms with Crippen molar-refractivity contribution in [3.05, 3.63) is 71.5 Å². The number of hydrogen-bond donors (Lipinski definition) is 1. The molecule has 7 nitrogen and oxygen atoms in total. The number of nitrogens with one attached hydrogen (secondary N) is 1. The van der Waals surface area contributed by atoms with Gasteiger partial charge in [0.05, 0.1) is 26.0 Å². The fraction of sp³-hybridized carbons (Fsp3) is 0.320. The third-order valence-corrected chi connectivity index (χ3v) is 4.73. The van der Waals surface area contributed by atoms with Gasteiger partial charge in [0.15, 0.2) is 5.75 Å². The molecular formula is C25H29NO6. The van der Waals surface area contributed by atoms with Crippen molar-refractivity contribution in [2.24, 2.45) is 0 Å². The first kappa shape index (κ1) is 24.7. The van der Waals surface area contributed by atoms with E-state index in [9.17, 15) is 14.4 Å². The van der Waals surface area contributed by atoms with Gasteiger partial charge >= 0.3 is 11.9 Å². The molecule has 2 aromatic rings. The Bertz CT molecular complexity index is 949. The van der Waals surface area contributed by atoms with Crippen molar-refractivity contribution in [1.29, 1.82) is 0 Å². The van der Waals surface area contributed by atoms with E-state index in [1.807, 2.05) is 12.1 Å². The Kier molecular flexibility index (Phi) is 9.97.